The Balaban J connectivity index is 3.61. The molecular formula is C41H72O5. The van der Waals surface area contributed by atoms with Crippen molar-refractivity contribution in [1.82, 2.24) is 0 Å². The number of aliphatic hydroxyl groups is 1. The van der Waals surface area contributed by atoms with E-state index in [0.29, 0.717) is 12.8 Å². The predicted molar refractivity (Wildman–Crippen MR) is 196 cm³/mol. The van der Waals surface area contributed by atoms with Crippen molar-refractivity contribution in [3.63, 3.8) is 0 Å². The van der Waals surface area contributed by atoms with Crippen LogP contribution in [0.25, 0.3) is 0 Å². The van der Waals surface area contributed by atoms with Gasteiger partial charge in [0.25, 0.3) is 0 Å². The number of rotatable bonds is 34. The summed E-state index contributed by atoms with van der Waals surface area (Å²) in [6.45, 7) is 3.99. The molecule has 1 atom stereocenters. The number of esters is 2. The fourth-order valence-electron chi connectivity index (χ4n) is 5.25. The summed E-state index contributed by atoms with van der Waals surface area (Å²) in [5, 5.41) is 9.54. The van der Waals surface area contributed by atoms with Crippen LogP contribution in [0.1, 0.15) is 181 Å². The molecule has 0 aliphatic carbocycles. The first kappa shape index (κ1) is 43.9. The van der Waals surface area contributed by atoms with Gasteiger partial charge in [-0.3, -0.25) is 9.59 Å². The molecule has 0 saturated heterocycles. The molecule has 0 aromatic rings. The van der Waals surface area contributed by atoms with E-state index in [4.69, 9.17) is 9.47 Å². The summed E-state index contributed by atoms with van der Waals surface area (Å²) in [7, 11) is 0. The van der Waals surface area contributed by atoms with E-state index in [9.17, 15) is 14.7 Å². The smallest absolute Gasteiger partial charge is 0.306 e. The molecular weight excluding hydrogens is 572 g/mol. The monoisotopic (exact) mass is 645 g/mol. The van der Waals surface area contributed by atoms with Gasteiger partial charge in [0.2, 0.25) is 0 Å². The predicted octanol–water partition coefficient (Wildman–Crippen LogP) is 11.8. The Kier molecular flexibility index (Phi) is 35.6. The zero-order valence-electron chi connectivity index (χ0n) is 30.1. The van der Waals surface area contributed by atoms with E-state index in [0.717, 1.165) is 64.2 Å². The lowest BCUT2D eigenvalue weighted by Gasteiger charge is -2.15. The van der Waals surface area contributed by atoms with Crippen LogP contribution in [-0.4, -0.2) is 36.4 Å². The van der Waals surface area contributed by atoms with Crippen LogP contribution in [0, 0.1) is 0 Å². The van der Waals surface area contributed by atoms with Gasteiger partial charge >= 0.3 is 11.9 Å². The van der Waals surface area contributed by atoms with Crippen molar-refractivity contribution in [2.45, 2.75) is 187 Å². The Morgan fingerprint density at radius 1 is 0.522 bits per heavy atom. The number of hydrogen-bond acceptors (Lipinski definition) is 5. The Hall–Kier alpha value is -2.14. The summed E-state index contributed by atoms with van der Waals surface area (Å²) in [6, 6.07) is 0. The average Bonchev–Trinajstić information content (AvgIpc) is 3.06. The van der Waals surface area contributed by atoms with Crippen LogP contribution >= 0.6 is 0 Å². The van der Waals surface area contributed by atoms with E-state index in [1.807, 2.05) is 0 Å². The second-order valence-corrected chi connectivity index (χ2v) is 12.6. The molecule has 0 spiro atoms. The van der Waals surface area contributed by atoms with E-state index >= 15 is 0 Å². The molecule has 0 aliphatic rings. The zero-order chi connectivity index (χ0) is 33.6. The van der Waals surface area contributed by atoms with Crippen LogP contribution < -0.4 is 0 Å². The van der Waals surface area contributed by atoms with E-state index in [-0.39, 0.29) is 25.2 Å². The molecule has 0 amide bonds. The third kappa shape index (κ3) is 34.7. The number of carbonyl (C=O) groups is 2. The van der Waals surface area contributed by atoms with Crippen LogP contribution in [0.5, 0.6) is 0 Å². The molecule has 0 unspecified atom stereocenters. The molecule has 0 bridgehead atoms. The van der Waals surface area contributed by atoms with E-state index < -0.39 is 6.10 Å². The van der Waals surface area contributed by atoms with E-state index in [1.54, 1.807) is 0 Å². The van der Waals surface area contributed by atoms with Crippen molar-refractivity contribution < 1.29 is 24.2 Å². The minimum absolute atomic E-state index is 0.0863. The maximum Gasteiger partial charge on any atom is 0.306 e. The summed E-state index contributed by atoms with van der Waals surface area (Å²) in [4.78, 5) is 24.2. The molecule has 0 saturated carbocycles. The van der Waals surface area contributed by atoms with Gasteiger partial charge in [-0.05, 0) is 51.4 Å². The lowest BCUT2D eigenvalue weighted by atomic mass is 10.0. The lowest BCUT2D eigenvalue weighted by Crippen LogP contribution is -2.28. The highest BCUT2D eigenvalue weighted by Crippen LogP contribution is 2.15. The minimum Gasteiger partial charge on any atom is -0.462 e. The molecule has 0 heterocycles. The topological polar surface area (TPSA) is 72.8 Å². The molecule has 46 heavy (non-hydrogen) atoms. The summed E-state index contributed by atoms with van der Waals surface area (Å²) in [5.41, 5.74) is 0. The van der Waals surface area contributed by atoms with Crippen LogP contribution in [0.3, 0.4) is 0 Å². The quantitative estimate of drug-likeness (QED) is 0.0429. The number of hydrogen-bond donors (Lipinski definition) is 1. The third-order valence-electron chi connectivity index (χ3n) is 8.14. The number of unbranched alkanes of at least 4 members (excludes halogenated alkanes) is 18. The zero-order valence-corrected chi connectivity index (χ0v) is 30.1. The Morgan fingerprint density at radius 2 is 0.935 bits per heavy atom. The molecule has 0 rings (SSSR count). The SMILES string of the molecule is CC/C=C\C/C=C\C/C=C\C/C=C\CCCCC(=O)OC[C@H](CO)OC(=O)CCCCCCCCCCCCCCCCCCC. The second-order valence-electron chi connectivity index (χ2n) is 12.6. The molecule has 0 aliphatic heterocycles. The summed E-state index contributed by atoms with van der Waals surface area (Å²) in [5.74, 6) is -0.637. The van der Waals surface area contributed by atoms with Gasteiger partial charge in [0.15, 0.2) is 6.10 Å². The fourth-order valence-corrected chi connectivity index (χ4v) is 5.25. The summed E-state index contributed by atoms with van der Waals surface area (Å²) < 4.78 is 10.6. The van der Waals surface area contributed by atoms with Crippen LogP contribution in [0.4, 0.5) is 0 Å². The molecule has 0 fully saturated rings. The van der Waals surface area contributed by atoms with Gasteiger partial charge in [-0.1, -0.05) is 165 Å². The largest absolute Gasteiger partial charge is 0.462 e. The van der Waals surface area contributed by atoms with Crippen molar-refractivity contribution in [3.05, 3.63) is 48.6 Å². The summed E-state index contributed by atoms with van der Waals surface area (Å²) >= 11 is 0. The van der Waals surface area contributed by atoms with Crippen LogP contribution in [0.2, 0.25) is 0 Å². The highest BCUT2D eigenvalue weighted by molar-refractivity contribution is 5.70. The first-order valence-corrected chi connectivity index (χ1v) is 19.2. The normalized spacial score (nSPS) is 12.7. The number of allylic oxidation sites excluding steroid dienone is 8. The molecule has 5 nitrogen and oxygen atoms in total. The Bertz CT molecular complexity index is 782. The van der Waals surface area contributed by atoms with Gasteiger partial charge in [-0.25, -0.2) is 0 Å². The van der Waals surface area contributed by atoms with Gasteiger partial charge < -0.3 is 14.6 Å². The molecule has 0 aromatic heterocycles. The number of aliphatic hydroxyl groups excluding tert-OH is 1. The van der Waals surface area contributed by atoms with Gasteiger partial charge in [-0.2, -0.15) is 0 Å². The van der Waals surface area contributed by atoms with Crippen molar-refractivity contribution in [3.8, 4) is 0 Å². The average molecular weight is 645 g/mol. The van der Waals surface area contributed by atoms with Crippen LogP contribution in [0.15, 0.2) is 48.6 Å². The van der Waals surface area contributed by atoms with Gasteiger partial charge in [0.1, 0.15) is 6.61 Å². The lowest BCUT2D eigenvalue weighted by molar-refractivity contribution is -0.161. The highest BCUT2D eigenvalue weighted by atomic mass is 16.6. The Morgan fingerprint density at radius 3 is 1.41 bits per heavy atom. The van der Waals surface area contributed by atoms with Crippen LogP contribution in [-0.2, 0) is 19.1 Å². The molecule has 0 aromatic carbocycles. The third-order valence-corrected chi connectivity index (χ3v) is 8.14. The van der Waals surface area contributed by atoms with Crippen molar-refractivity contribution >= 4 is 11.9 Å². The van der Waals surface area contributed by atoms with E-state index in [1.165, 1.54) is 89.9 Å². The highest BCUT2D eigenvalue weighted by Gasteiger charge is 2.16. The Labute approximate surface area is 284 Å². The van der Waals surface area contributed by atoms with Gasteiger partial charge in [0, 0.05) is 12.8 Å². The standard InChI is InChI=1S/C41H72O5/c1-3-5-7-9-11-13-15-17-19-20-22-24-26-28-30-32-34-36-41(44)46-39(37-42)38-45-40(43)35-33-31-29-27-25-23-21-18-16-14-12-10-8-6-4-2/h6,8,12,14,18,21,25,27,39,42H,3-5,7,9-11,13,15-17,19-20,22-24,26,28-38H2,1-2H3/b8-6-,14-12-,21-18-,27-25-/t39-/m0/s1. The molecule has 5 heteroatoms. The second kappa shape index (κ2) is 37.3. The van der Waals surface area contributed by atoms with Gasteiger partial charge in [0.05, 0.1) is 6.61 Å². The summed E-state index contributed by atoms with van der Waals surface area (Å²) in [6.07, 6.45) is 46.0. The molecule has 1 N–H and O–H groups in total. The number of ether oxygens (including phenoxy) is 2. The number of carbonyl (C=O) groups excluding carboxylic acids is 2. The van der Waals surface area contributed by atoms with E-state index in [2.05, 4.69) is 62.5 Å². The fraction of sp³-hybridized carbons (Fsp3) is 0.756. The first-order chi connectivity index (χ1) is 22.6. The van der Waals surface area contributed by atoms with Crippen molar-refractivity contribution in [1.29, 1.82) is 0 Å². The van der Waals surface area contributed by atoms with Gasteiger partial charge in [-0.15, -0.1) is 0 Å². The first-order valence-electron chi connectivity index (χ1n) is 19.2. The van der Waals surface area contributed by atoms with Crippen molar-refractivity contribution in [2.75, 3.05) is 13.2 Å². The minimum atomic E-state index is -0.786. The van der Waals surface area contributed by atoms with Crippen molar-refractivity contribution in [2.24, 2.45) is 0 Å². The molecule has 266 valence electrons. The maximum absolute atomic E-state index is 12.2. The molecule has 0 radical (unpaired) electrons. The maximum atomic E-state index is 12.2.